The van der Waals surface area contributed by atoms with E-state index in [-0.39, 0.29) is 11.0 Å². The molecule has 0 aromatic heterocycles. The molecule has 5 heteroatoms. The summed E-state index contributed by atoms with van der Waals surface area (Å²) in [4.78, 5) is 0. The van der Waals surface area contributed by atoms with Crippen molar-refractivity contribution in [2.75, 3.05) is 26.6 Å². The number of epoxide rings is 1. The Morgan fingerprint density at radius 3 is 2.45 bits per heavy atom. The van der Waals surface area contributed by atoms with Gasteiger partial charge in [0.15, 0.2) is 0 Å². The predicted octanol–water partition coefficient (Wildman–Crippen LogP) is 3.79. The van der Waals surface area contributed by atoms with Crippen LogP contribution in [0.4, 0.5) is 0 Å². The average Bonchev–Trinajstić information content (AvgIpc) is 3.20. The average molecular weight is 315 g/mol. The molecule has 2 heterocycles. The highest BCUT2D eigenvalue weighted by Gasteiger charge is 2.58. The van der Waals surface area contributed by atoms with Crippen LogP contribution in [0.5, 0.6) is 0 Å². The van der Waals surface area contributed by atoms with Crippen molar-refractivity contribution in [3.63, 3.8) is 0 Å². The predicted molar refractivity (Wildman–Crippen MR) is 79.1 cm³/mol. The highest BCUT2D eigenvalue weighted by Crippen LogP contribution is 2.47. The Hall–Kier alpha value is -0.580. The molecule has 3 rings (SSSR count). The van der Waals surface area contributed by atoms with Crippen LogP contribution in [-0.4, -0.2) is 32.2 Å². The fraction of sp³-hybridized carbons (Fsp3) is 0.467. The van der Waals surface area contributed by atoms with Crippen molar-refractivity contribution in [2.24, 2.45) is 5.41 Å². The van der Waals surface area contributed by atoms with Gasteiger partial charge in [-0.1, -0.05) is 42.3 Å². The first kappa shape index (κ1) is 14.4. The fourth-order valence-electron chi connectivity index (χ4n) is 2.46. The largest absolute Gasteiger partial charge is 0.364 e. The van der Waals surface area contributed by atoms with Crippen molar-refractivity contribution in [3.05, 3.63) is 39.9 Å². The van der Waals surface area contributed by atoms with Gasteiger partial charge >= 0.3 is 0 Å². The van der Waals surface area contributed by atoms with Crippen LogP contribution in [0.1, 0.15) is 12.5 Å². The molecule has 0 radical (unpaired) electrons. The lowest BCUT2D eigenvalue weighted by Gasteiger charge is -2.36. The molecule has 1 atom stereocenters. The summed E-state index contributed by atoms with van der Waals surface area (Å²) in [5.41, 5.74) is 0.434. The number of hydrogen-bond acceptors (Lipinski definition) is 3. The second-order valence-corrected chi connectivity index (χ2v) is 6.40. The maximum Gasteiger partial charge on any atom is 0.146 e. The zero-order valence-corrected chi connectivity index (χ0v) is 12.7. The minimum absolute atomic E-state index is 0.166. The lowest BCUT2D eigenvalue weighted by molar-refractivity contribution is -0.173. The Bertz CT molecular complexity index is 532. The molecule has 0 amide bonds. The lowest BCUT2D eigenvalue weighted by Crippen LogP contribution is -2.46. The molecule has 1 unspecified atom stereocenters. The van der Waals surface area contributed by atoms with Crippen LogP contribution >= 0.6 is 23.2 Å². The van der Waals surface area contributed by atoms with Gasteiger partial charge in [-0.25, -0.2) is 0 Å². The zero-order chi connectivity index (χ0) is 14.2. The molecule has 20 heavy (non-hydrogen) atoms. The van der Waals surface area contributed by atoms with Gasteiger partial charge in [-0.3, -0.25) is 0 Å². The Kier molecular flexibility index (Phi) is 3.82. The molecule has 1 aromatic rings. The summed E-state index contributed by atoms with van der Waals surface area (Å²) in [5.74, 6) is 0. The van der Waals surface area contributed by atoms with Gasteiger partial charge in [-0.05, 0) is 23.8 Å². The van der Waals surface area contributed by atoms with Gasteiger partial charge in [0.2, 0.25) is 0 Å². The molecule has 0 aliphatic carbocycles. The van der Waals surface area contributed by atoms with Crippen molar-refractivity contribution in [1.82, 2.24) is 0 Å². The van der Waals surface area contributed by atoms with Crippen LogP contribution in [0.3, 0.4) is 0 Å². The molecule has 0 spiro atoms. The van der Waals surface area contributed by atoms with Gasteiger partial charge < -0.3 is 14.2 Å². The number of benzene rings is 1. The first-order valence-electron chi connectivity index (χ1n) is 6.48. The van der Waals surface area contributed by atoms with Gasteiger partial charge in [-0.2, -0.15) is 0 Å². The Morgan fingerprint density at radius 2 is 1.85 bits per heavy atom. The molecule has 2 aliphatic heterocycles. The molecule has 2 saturated heterocycles. The van der Waals surface area contributed by atoms with Gasteiger partial charge in [0, 0.05) is 15.5 Å². The zero-order valence-electron chi connectivity index (χ0n) is 11.2. The summed E-state index contributed by atoms with van der Waals surface area (Å²) in [6, 6.07) is 5.45. The highest BCUT2D eigenvalue weighted by molar-refractivity contribution is 6.35. The third-order valence-corrected chi connectivity index (χ3v) is 4.54. The van der Waals surface area contributed by atoms with E-state index in [2.05, 4.69) is 13.0 Å². The SMILES string of the molecule is CC1(C2(C=Cc3ccc(Cl)cc3Cl)CO2)COCOC1. The minimum Gasteiger partial charge on any atom is -0.364 e. The summed E-state index contributed by atoms with van der Waals surface area (Å²) in [6.45, 7) is 4.42. The molecular formula is C15H16Cl2O3. The van der Waals surface area contributed by atoms with E-state index in [0.29, 0.717) is 36.7 Å². The van der Waals surface area contributed by atoms with Crippen LogP contribution < -0.4 is 0 Å². The maximum absolute atomic E-state index is 6.17. The van der Waals surface area contributed by atoms with E-state index in [1.807, 2.05) is 18.2 Å². The van der Waals surface area contributed by atoms with Crippen molar-refractivity contribution >= 4 is 29.3 Å². The standard InChI is InChI=1S/C15H16Cl2O3/c1-14(7-18-10-19-8-14)15(9-20-15)5-4-11-2-3-12(16)6-13(11)17/h2-6H,7-10H2,1H3. The number of ether oxygens (including phenoxy) is 3. The lowest BCUT2D eigenvalue weighted by atomic mass is 9.77. The molecule has 3 nitrogen and oxygen atoms in total. The van der Waals surface area contributed by atoms with E-state index < -0.39 is 0 Å². The normalized spacial score (nSPS) is 28.8. The summed E-state index contributed by atoms with van der Waals surface area (Å²) < 4.78 is 16.6. The number of hydrogen-bond donors (Lipinski definition) is 0. The molecule has 0 bridgehead atoms. The van der Waals surface area contributed by atoms with Gasteiger partial charge in [0.1, 0.15) is 12.4 Å². The number of rotatable bonds is 3. The Morgan fingerprint density at radius 1 is 1.15 bits per heavy atom. The fourth-order valence-corrected chi connectivity index (χ4v) is 2.93. The van der Waals surface area contributed by atoms with Crippen LogP contribution in [0.25, 0.3) is 6.08 Å². The van der Waals surface area contributed by atoms with Gasteiger partial charge in [-0.15, -0.1) is 0 Å². The Labute approximate surface area is 128 Å². The second kappa shape index (κ2) is 5.32. The second-order valence-electron chi connectivity index (χ2n) is 5.55. The molecule has 0 saturated carbocycles. The van der Waals surface area contributed by atoms with Crippen molar-refractivity contribution in [2.45, 2.75) is 12.5 Å². The van der Waals surface area contributed by atoms with E-state index in [1.165, 1.54) is 0 Å². The van der Waals surface area contributed by atoms with Crippen LogP contribution in [0.2, 0.25) is 10.0 Å². The van der Waals surface area contributed by atoms with Crippen molar-refractivity contribution < 1.29 is 14.2 Å². The first-order valence-corrected chi connectivity index (χ1v) is 7.24. The van der Waals surface area contributed by atoms with E-state index in [1.54, 1.807) is 6.07 Å². The van der Waals surface area contributed by atoms with Crippen LogP contribution in [-0.2, 0) is 14.2 Å². The van der Waals surface area contributed by atoms with Crippen molar-refractivity contribution in [1.29, 1.82) is 0 Å². The topological polar surface area (TPSA) is 31.0 Å². The monoisotopic (exact) mass is 314 g/mol. The third kappa shape index (κ3) is 2.61. The summed E-state index contributed by atoms with van der Waals surface area (Å²) in [5, 5.41) is 1.26. The van der Waals surface area contributed by atoms with E-state index in [9.17, 15) is 0 Å². The molecule has 0 N–H and O–H groups in total. The molecule has 2 fully saturated rings. The van der Waals surface area contributed by atoms with E-state index >= 15 is 0 Å². The van der Waals surface area contributed by atoms with E-state index in [4.69, 9.17) is 37.4 Å². The minimum atomic E-state index is -0.323. The number of halogens is 2. The molecule has 2 aliphatic rings. The molecular weight excluding hydrogens is 299 g/mol. The first-order chi connectivity index (χ1) is 9.55. The maximum atomic E-state index is 6.17. The highest BCUT2D eigenvalue weighted by atomic mass is 35.5. The quantitative estimate of drug-likeness (QED) is 0.795. The molecule has 108 valence electrons. The summed E-state index contributed by atoms with van der Waals surface area (Å²) in [7, 11) is 0. The Balaban J connectivity index is 1.81. The van der Waals surface area contributed by atoms with E-state index in [0.717, 1.165) is 5.56 Å². The van der Waals surface area contributed by atoms with Gasteiger partial charge in [0.25, 0.3) is 0 Å². The smallest absolute Gasteiger partial charge is 0.146 e. The van der Waals surface area contributed by atoms with Crippen LogP contribution in [0.15, 0.2) is 24.3 Å². The van der Waals surface area contributed by atoms with Crippen LogP contribution in [0, 0.1) is 5.41 Å². The van der Waals surface area contributed by atoms with Gasteiger partial charge in [0.05, 0.1) is 19.8 Å². The van der Waals surface area contributed by atoms with Crippen molar-refractivity contribution in [3.8, 4) is 0 Å². The summed E-state index contributed by atoms with van der Waals surface area (Å²) in [6.07, 6.45) is 4.03. The molecule has 1 aromatic carbocycles. The summed E-state index contributed by atoms with van der Waals surface area (Å²) >= 11 is 12.1. The third-order valence-electron chi connectivity index (χ3n) is 3.98.